The molecule has 0 saturated carbocycles. The lowest BCUT2D eigenvalue weighted by molar-refractivity contribution is 0.0846. The van der Waals surface area contributed by atoms with Gasteiger partial charge in [0, 0.05) is 22.4 Å². The number of carbonyl (C=O) groups excluding carboxylic acids is 3. The van der Waals surface area contributed by atoms with Gasteiger partial charge >= 0.3 is 0 Å². The second kappa shape index (κ2) is 11.4. The average molecular weight is 479 g/mol. The molecule has 3 rings (SSSR count). The molecule has 0 saturated heterocycles. The smallest absolute Gasteiger partial charge is 0.269 e. The summed E-state index contributed by atoms with van der Waals surface area (Å²) in [4.78, 5) is 37.6. The lowest BCUT2D eigenvalue weighted by Crippen LogP contribution is -2.41. The van der Waals surface area contributed by atoms with Crippen LogP contribution in [0.5, 0.6) is 23.0 Å². The van der Waals surface area contributed by atoms with Gasteiger partial charge in [0.05, 0.1) is 28.4 Å². The third kappa shape index (κ3) is 5.99. The summed E-state index contributed by atoms with van der Waals surface area (Å²) in [7, 11) is 5.90. The van der Waals surface area contributed by atoms with E-state index >= 15 is 0 Å². The summed E-state index contributed by atoms with van der Waals surface area (Å²) in [6.45, 7) is 0. The molecular weight excluding hydrogens is 454 g/mol. The SMILES string of the molecule is COc1ccc(C(=O)NNC(=O)c2cccc(NC(=O)c3cc(OC)c(OC)c(OC)c3)c2)cc1. The zero-order valence-corrected chi connectivity index (χ0v) is 19.6. The molecule has 0 aromatic heterocycles. The zero-order valence-electron chi connectivity index (χ0n) is 19.6. The molecule has 0 aliphatic carbocycles. The van der Waals surface area contributed by atoms with Gasteiger partial charge in [-0.25, -0.2) is 0 Å². The molecule has 3 N–H and O–H groups in total. The minimum atomic E-state index is -0.559. The molecule has 0 heterocycles. The van der Waals surface area contributed by atoms with Crippen LogP contribution in [0.4, 0.5) is 5.69 Å². The van der Waals surface area contributed by atoms with Crippen molar-refractivity contribution < 1.29 is 33.3 Å². The van der Waals surface area contributed by atoms with Crippen molar-refractivity contribution in [3.8, 4) is 23.0 Å². The van der Waals surface area contributed by atoms with Crippen LogP contribution in [0.3, 0.4) is 0 Å². The number of hydrogen-bond acceptors (Lipinski definition) is 7. The van der Waals surface area contributed by atoms with Crippen molar-refractivity contribution in [1.29, 1.82) is 0 Å². The van der Waals surface area contributed by atoms with E-state index in [-0.39, 0.29) is 11.1 Å². The van der Waals surface area contributed by atoms with Crippen LogP contribution < -0.4 is 35.1 Å². The highest BCUT2D eigenvalue weighted by molar-refractivity contribution is 6.06. The van der Waals surface area contributed by atoms with E-state index < -0.39 is 17.7 Å². The van der Waals surface area contributed by atoms with Crippen LogP contribution >= 0.6 is 0 Å². The summed E-state index contributed by atoms with van der Waals surface area (Å²) >= 11 is 0. The van der Waals surface area contributed by atoms with Gasteiger partial charge in [0.1, 0.15) is 5.75 Å². The molecule has 0 unspecified atom stereocenters. The molecule has 3 amide bonds. The fraction of sp³-hybridized carbons (Fsp3) is 0.160. The normalized spacial score (nSPS) is 10.1. The predicted molar refractivity (Wildman–Crippen MR) is 128 cm³/mol. The van der Waals surface area contributed by atoms with Crippen molar-refractivity contribution in [3.05, 3.63) is 77.4 Å². The fourth-order valence-corrected chi connectivity index (χ4v) is 3.15. The summed E-state index contributed by atoms with van der Waals surface area (Å²) < 4.78 is 20.9. The number of benzene rings is 3. The number of hydrogen-bond donors (Lipinski definition) is 3. The van der Waals surface area contributed by atoms with E-state index in [1.807, 2.05) is 0 Å². The highest BCUT2D eigenvalue weighted by Crippen LogP contribution is 2.38. The van der Waals surface area contributed by atoms with Crippen molar-refractivity contribution in [1.82, 2.24) is 10.9 Å². The Morgan fingerprint density at radius 2 is 1.20 bits per heavy atom. The van der Waals surface area contributed by atoms with Gasteiger partial charge in [-0.2, -0.15) is 0 Å². The zero-order chi connectivity index (χ0) is 25.4. The van der Waals surface area contributed by atoms with Crippen molar-refractivity contribution in [2.75, 3.05) is 33.8 Å². The molecule has 3 aromatic carbocycles. The molecule has 10 heteroatoms. The van der Waals surface area contributed by atoms with Crippen LogP contribution in [-0.4, -0.2) is 46.2 Å². The highest BCUT2D eigenvalue weighted by Gasteiger charge is 2.18. The molecule has 0 radical (unpaired) electrons. The number of rotatable bonds is 8. The van der Waals surface area contributed by atoms with Crippen LogP contribution in [0, 0.1) is 0 Å². The van der Waals surface area contributed by atoms with Gasteiger partial charge in [0.25, 0.3) is 17.7 Å². The molecule has 0 atom stereocenters. The van der Waals surface area contributed by atoms with Crippen LogP contribution in [0.25, 0.3) is 0 Å². The lowest BCUT2D eigenvalue weighted by atomic mass is 10.1. The number of anilines is 1. The standard InChI is InChI=1S/C25H25N3O7/c1-32-19-10-8-15(9-11-19)24(30)27-28-25(31)16-6-5-7-18(12-16)26-23(29)17-13-20(33-2)22(35-4)21(14-17)34-3/h5-14H,1-4H3,(H,26,29)(H,27,30)(H,28,31). The molecule has 0 fully saturated rings. The summed E-state index contributed by atoms with van der Waals surface area (Å²) in [6.07, 6.45) is 0. The van der Waals surface area contributed by atoms with E-state index in [0.717, 1.165) is 0 Å². The quantitative estimate of drug-likeness (QED) is 0.424. The third-order valence-corrected chi connectivity index (χ3v) is 4.95. The minimum Gasteiger partial charge on any atom is -0.497 e. The largest absolute Gasteiger partial charge is 0.497 e. The maximum absolute atomic E-state index is 12.8. The number of ether oxygens (including phenoxy) is 4. The van der Waals surface area contributed by atoms with E-state index in [4.69, 9.17) is 18.9 Å². The van der Waals surface area contributed by atoms with Crippen LogP contribution in [-0.2, 0) is 0 Å². The monoisotopic (exact) mass is 479 g/mol. The van der Waals surface area contributed by atoms with Gasteiger partial charge in [0.15, 0.2) is 11.5 Å². The Kier molecular flexibility index (Phi) is 8.12. The average Bonchev–Trinajstić information content (AvgIpc) is 2.90. The van der Waals surface area contributed by atoms with Gasteiger partial charge in [-0.15, -0.1) is 0 Å². The molecule has 10 nitrogen and oxygen atoms in total. The topological polar surface area (TPSA) is 124 Å². The van der Waals surface area contributed by atoms with Crippen molar-refractivity contribution >= 4 is 23.4 Å². The first-order chi connectivity index (χ1) is 16.9. The molecule has 182 valence electrons. The summed E-state index contributed by atoms with van der Waals surface area (Å²) in [6, 6.07) is 15.7. The number of nitrogens with one attached hydrogen (secondary N) is 3. The van der Waals surface area contributed by atoms with Crippen LogP contribution in [0.1, 0.15) is 31.1 Å². The Labute approximate surface area is 202 Å². The molecular formula is C25H25N3O7. The van der Waals surface area contributed by atoms with E-state index in [1.54, 1.807) is 42.5 Å². The number of methoxy groups -OCH3 is 4. The van der Waals surface area contributed by atoms with Gasteiger partial charge in [0.2, 0.25) is 5.75 Å². The van der Waals surface area contributed by atoms with E-state index in [1.165, 1.54) is 46.6 Å². The van der Waals surface area contributed by atoms with E-state index in [2.05, 4.69) is 16.2 Å². The van der Waals surface area contributed by atoms with Crippen molar-refractivity contribution in [2.24, 2.45) is 0 Å². The van der Waals surface area contributed by atoms with E-state index in [0.29, 0.717) is 34.2 Å². The van der Waals surface area contributed by atoms with Crippen molar-refractivity contribution in [3.63, 3.8) is 0 Å². The van der Waals surface area contributed by atoms with Gasteiger partial charge in [-0.1, -0.05) is 6.07 Å². The number of carbonyl (C=O) groups is 3. The Morgan fingerprint density at radius 1 is 0.600 bits per heavy atom. The second-order valence-electron chi connectivity index (χ2n) is 7.09. The van der Waals surface area contributed by atoms with Crippen LogP contribution in [0.15, 0.2) is 60.7 Å². The summed E-state index contributed by atoms with van der Waals surface area (Å²) in [5.41, 5.74) is 5.91. The molecule has 0 bridgehead atoms. The Bertz CT molecular complexity index is 1200. The maximum Gasteiger partial charge on any atom is 0.269 e. The fourth-order valence-electron chi connectivity index (χ4n) is 3.15. The Hall–Kier alpha value is -4.73. The molecule has 0 spiro atoms. The number of hydrazine groups is 1. The number of amides is 3. The first-order valence-corrected chi connectivity index (χ1v) is 10.4. The minimum absolute atomic E-state index is 0.225. The first kappa shape index (κ1) is 24.9. The lowest BCUT2D eigenvalue weighted by Gasteiger charge is -2.14. The molecule has 0 aliphatic heterocycles. The summed E-state index contributed by atoms with van der Waals surface area (Å²) in [5.74, 6) is 0.131. The summed E-state index contributed by atoms with van der Waals surface area (Å²) in [5, 5.41) is 2.73. The molecule has 35 heavy (non-hydrogen) atoms. The van der Waals surface area contributed by atoms with Crippen LogP contribution in [0.2, 0.25) is 0 Å². The Balaban J connectivity index is 1.68. The predicted octanol–water partition coefficient (Wildman–Crippen LogP) is 3.05. The van der Waals surface area contributed by atoms with Gasteiger partial charge in [-0.3, -0.25) is 25.2 Å². The molecule has 0 aliphatic rings. The van der Waals surface area contributed by atoms with Crippen molar-refractivity contribution in [2.45, 2.75) is 0 Å². The second-order valence-corrected chi connectivity index (χ2v) is 7.09. The first-order valence-electron chi connectivity index (χ1n) is 10.4. The van der Waals surface area contributed by atoms with E-state index in [9.17, 15) is 14.4 Å². The van der Waals surface area contributed by atoms with Gasteiger partial charge in [-0.05, 0) is 54.6 Å². The third-order valence-electron chi connectivity index (χ3n) is 4.95. The molecule has 3 aromatic rings. The Morgan fingerprint density at radius 3 is 1.74 bits per heavy atom. The highest BCUT2D eigenvalue weighted by atomic mass is 16.5. The van der Waals surface area contributed by atoms with Gasteiger partial charge < -0.3 is 24.3 Å². The maximum atomic E-state index is 12.8.